The Balaban J connectivity index is 0.00000312. The third-order valence-corrected chi connectivity index (χ3v) is 3.76. The molecule has 0 radical (unpaired) electrons. The third kappa shape index (κ3) is 8.25. The van der Waals surface area contributed by atoms with Gasteiger partial charge in [0.05, 0.1) is 6.42 Å². The molecule has 0 spiro atoms. The molecule has 0 aliphatic rings. The number of hydrogen-bond acceptors (Lipinski definition) is 3. The van der Waals surface area contributed by atoms with Crippen LogP contribution in [0.5, 0.6) is 5.75 Å². The maximum Gasteiger partial charge on any atom is 0.224 e. The molecule has 2 aromatic rings. The van der Waals surface area contributed by atoms with Gasteiger partial charge in [-0.15, -0.1) is 12.4 Å². The second kappa shape index (κ2) is 11.0. The lowest BCUT2D eigenvalue weighted by molar-refractivity contribution is -0.120. The van der Waals surface area contributed by atoms with E-state index in [1.54, 1.807) is 0 Å². The summed E-state index contributed by atoms with van der Waals surface area (Å²) in [7, 11) is 0. The normalized spacial score (nSPS) is 11.3. The first-order valence-corrected chi connectivity index (χ1v) is 8.39. The highest BCUT2D eigenvalue weighted by molar-refractivity contribution is 6.30. The molecular formula is C19H24Cl2N2O2. The molecule has 2 aromatic carbocycles. The number of nitrogens with one attached hydrogen (secondary N) is 1. The Morgan fingerprint density at radius 3 is 2.60 bits per heavy atom. The van der Waals surface area contributed by atoms with Crippen molar-refractivity contribution < 1.29 is 9.53 Å². The van der Waals surface area contributed by atoms with Gasteiger partial charge in [0.15, 0.2) is 0 Å². The summed E-state index contributed by atoms with van der Waals surface area (Å²) < 4.78 is 5.78. The maximum absolute atomic E-state index is 11.9. The highest BCUT2D eigenvalue weighted by Gasteiger charge is 2.05. The van der Waals surface area contributed by atoms with Gasteiger partial charge in [0, 0.05) is 17.6 Å². The first-order chi connectivity index (χ1) is 11.5. The number of carbonyl (C=O) groups excluding carboxylic acids is 1. The van der Waals surface area contributed by atoms with E-state index in [1.807, 2.05) is 55.5 Å². The van der Waals surface area contributed by atoms with Crippen molar-refractivity contribution >= 4 is 29.9 Å². The molecule has 0 aromatic heterocycles. The third-order valence-electron chi connectivity index (χ3n) is 3.50. The Kier molecular flexibility index (Phi) is 9.35. The molecule has 25 heavy (non-hydrogen) atoms. The molecule has 3 N–H and O–H groups in total. The van der Waals surface area contributed by atoms with Gasteiger partial charge >= 0.3 is 0 Å². The van der Waals surface area contributed by atoms with E-state index < -0.39 is 0 Å². The maximum atomic E-state index is 11.9. The molecule has 0 saturated carbocycles. The topological polar surface area (TPSA) is 64.3 Å². The molecule has 4 nitrogen and oxygen atoms in total. The van der Waals surface area contributed by atoms with Crippen LogP contribution < -0.4 is 15.8 Å². The minimum atomic E-state index is -0.00880. The summed E-state index contributed by atoms with van der Waals surface area (Å²) in [5.74, 6) is 0.733. The number of halogens is 2. The molecule has 1 unspecified atom stereocenters. The monoisotopic (exact) mass is 382 g/mol. The SMILES string of the molecule is CC(N)CCNC(=O)Cc1cccc(OCc2ccc(Cl)cc2)c1.Cl. The van der Waals surface area contributed by atoms with E-state index in [1.165, 1.54) is 0 Å². The van der Waals surface area contributed by atoms with Crippen molar-refractivity contribution in [3.05, 3.63) is 64.7 Å². The summed E-state index contributed by atoms with van der Waals surface area (Å²) in [5, 5.41) is 3.58. The Labute approximate surface area is 160 Å². The van der Waals surface area contributed by atoms with Crippen molar-refractivity contribution in [3.8, 4) is 5.75 Å². The zero-order valence-electron chi connectivity index (χ0n) is 14.2. The van der Waals surface area contributed by atoms with Crippen LogP contribution in [-0.4, -0.2) is 18.5 Å². The number of ether oxygens (including phenoxy) is 1. The number of rotatable bonds is 8. The van der Waals surface area contributed by atoms with Gasteiger partial charge in [-0.25, -0.2) is 0 Å². The van der Waals surface area contributed by atoms with E-state index in [-0.39, 0.29) is 24.4 Å². The summed E-state index contributed by atoms with van der Waals surface area (Å²) in [6.07, 6.45) is 1.10. The van der Waals surface area contributed by atoms with Crippen molar-refractivity contribution in [3.63, 3.8) is 0 Å². The fourth-order valence-electron chi connectivity index (χ4n) is 2.18. The van der Waals surface area contributed by atoms with Crippen LogP contribution in [-0.2, 0) is 17.8 Å². The van der Waals surface area contributed by atoms with Crippen LogP contribution in [0.4, 0.5) is 0 Å². The molecule has 0 bridgehead atoms. The van der Waals surface area contributed by atoms with Gasteiger partial charge in [0.2, 0.25) is 5.91 Å². The molecule has 0 heterocycles. The second-order valence-corrected chi connectivity index (χ2v) is 6.29. The van der Waals surface area contributed by atoms with E-state index in [0.717, 1.165) is 23.3 Å². The Morgan fingerprint density at radius 2 is 1.92 bits per heavy atom. The summed E-state index contributed by atoms with van der Waals surface area (Å²) >= 11 is 5.87. The van der Waals surface area contributed by atoms with Gasteiger partial charge in [-0.3, -0.25) is 4.79 Å². The largest absolute Gasteiger partial charge is 0.489 e. The fraction of sp³-hybridized carbons (Fsp3) is 0.316. The average molecular weight is 383 g/mol. The number of amides is 1. The van der Waals surface area contributed by atoms with Crippen LogP contribution in [0.25, 0.3) is 0 Å². The molecule has 1 atom stereocenters. The molecular weight excluding hydrogens is 359 g/mol. The molecule has 1 amide bonds. The number of benzene rings is 2. The molecule has 0 saturated heterocycles. The van der Waals surface area contributed by atoms with Gasteiger partial charge in [0.1, 0.15) is 12.4 Å². The van der Waals surface area contributed by atoms with Crippen LogP contribution >= 0.6 is 24.0 Å². The predicted molar refractivity (Wildman–Crippen MR) is 104 cm³/mol. The van der Waals surface area contributed by atoms with Gasteiger partial charge in [0.25, 0.3) is 0 Å². The molecule has 0 aliphatic heterocycles. The Bertz CT molecular complexity index is 661. The standard InChI is InChI=1S/C19H23ClN2O2.ClH/c1-14(21)9-10-22-19(23)12-16-3-2-4-18(11-16)24-13-15-5-7-17(20)8-6-15;/h2-8,11,14H,9-10,12-13,21H2,1H3,(H,22,23);1H. The van der Waals surface area contributed by atoms with Crippen molar-refractivity contribution in [1.29, 1.82) is 0 Å². The fourth-order valence-corrected chi connectivity index (χ4v) is 2.31. The molecule has 0 fully saturated rings. The highest BCUT2D eigenvalue weighted by Crippen LogP contribution is 2.16. The zero-order chi connectivity index (χ0) is 17.4. The molecule has 136 valence electrons. The van der Waals surface area contributed by atoms with Crippen molar-refractivity contribution in [1.82, 2.24) is 5.32 Å². The van der Waals surface area contributed by atoms with E-state index in [0.29, 0.717) is 24.6 Å². The van der Waals surface area contributed by atoms with Crippen molar-refractivity contribution in [2.45, 2.75) is 32.4 Å². The predicted octanol–water partition coefficient (Wildman–Crippen LogP) is 3.74. The van der Waals surface area contributed by atoms with Crippen LogP contribution in [0.1, 0.15) is 24.5 Å². The minimum Gasteiger partial charge on any atom is -0.489 e. The number of nitrogens with two attached hydrogens (primary N) is 1. The Morgan fingerprint density at radius 1 is 1.20 bits per heavy atom. The molecule has 0 aliphatic carbocycles. The van der Waals surface area contributed by atoms with Crippen LogP contribution in [0, 0.1) is 0 Å². The number of hydrogen-bond donors (Lipinski definition) is 2. The Hall–Kier alpha value is -1.75. The number of carbonyl (C=O) groups is 1. The van der Waals surface area contributed by atoms with Crippen LogP contribution in [0.15, 0.2) is 48.5 Å². The van der Waals surface area contributed by atoms with Crippen LogP contribution in [0.2, 0.25) is 5.02 Å². The van der Waals surface area contributed by atoms with E-state index in [2.05, 4.69) is 5.32 Å². The van der Waals surface area contributed by atoms with Crippen molar-refractivity contribution in [2.24, 2.45) is 5.73 Å². The van der Waals surface area contributed by atoms with E-state index >= 15 is 0 Å². The zero-order valence-corrected chi connectivity index (χ0v) is 15.8. The van der Waals surface area contributed by atoms with Crippen LogP contribution in [0.3, 0.4) is 0 Å². The smallest absolute Gasteiger partial charge is 0.224 e. The first kappa shape index (κ1) is 21.3. The summed E-state index contributed by atoms with van der Waals surface area (Å²) in [6, 6.07) is 15.2. The summed E-state index contributed by atoms with van der Waals surface area (Å²) in [5.41, 5.74) is 7.62. The van der Waals surface area contributed by atoms with Crippen molar-refractivity contribution in [2.75, 3.05) is 6.54 Å². The van der Waals surface area contributed by atoms with Gasteiger partial charge in [-0.1, -0.05) is 35.9 Å². The molecule has 2 rings (SSSR count). The quantitative estimate of drug-likeness (QED) is 0.730. The van der Waals surface area contributed by atoms with E-state index in [4.69, 9.17) is 22.1 Å². The lowest BCUT2D eigenvalue weighted by atomic mass is 10.1. The van der Waals surface area contributed by atoms with Gasteiger partial charge in [-0.05, 0) is 48.7 Å². The lowest BCUT2D eigenvalue weighted by Crippen LogP contribution is -2.29. The average Bonchev–Trinajstić information content (AvgIpc) is 2.54. The minimum absolute atomic E-state index is 0. The lowest BCUT2D eigenvalue weighted by Gasteiger charge is -2.09. The highest BCUT2D eigenvalue weighted by atomic mass is 35.5. The molecule has 6 heteroatoms. The van der Waals surface area contributed by atoms with E-state index in [9.17, 15) is 4.79 Å². The summed E-state index contributed by atoms with van der Waals surface area (Å²) in [4.78, 5) is 11.9. The second-order valence-electron chi connectivity index (χ2n) is 5.86. The van der Waals surface area contributed by atoms with Gasteiger partial charge < -0.3 is 15.8 Å². The first-order valence-electron chi connectivity index (χ1n) is 8.01. The van der Waals surface area contributed by atoms with Gasteiger partial charge in [-0.2, -0.15) is 0 Å². The summed E-state index contributed by atoms with van der Waals surface area (Å²) in [6.45, 7) is 2.98.